The topological polar surface area (TPSA) is 83.6 Å². The highest BCUT2D eigenvalue weighted by Gasteiger charge is 2.30. The summed E-state index contributed by atoms with van der Waals surface area (Å²) in [6.45, 7) is 0. The van der Waals surface area contributed by atoms with Crippen LogP contribution in [-0.2, 0) is 14.6 Å². The van der Waals surface area contributed by atoms with Crippen molar-refractivity contribution in [2.75, 3.05) is 19.1 Å². The quantitative estimate of drug-likeness (QED) is 0.743. The van der Waals surface area contributed by atoms with E-state index in [9.17, 15) is 18.0 Å². The summed E-state index contributed by atoms with van der Waals surface area (Å²) in [7, 11) is -1.53. The van der Waals surface area contributed by atoms with Gasteiger partial charge in [-0.3, -0.25) is 9.59 Å². The zero-order chi connectivity index (χ0) is 20.0. The van der Waals surface area contributed by atoms with Crippen LogP contribution in [0, 0.1) is 0 Å². The number of carbonyl (C=O) groups is 2. The van der Waals surface area contributed by atoms with Gasteiger partial charge < -0.3 is 10.2 Å². The van der Waals surface area contributed by atoms with Crippen molar-refractivity contribution in [3.8, 4) is 0 Å². The van der Waals surface area contributed by atoms with E-state index in [-0.39, 0.29) is 34.7 Å². The van der Waals surface area contributed by atoms with Crippen LogP contribution in [0.3, 0.4) is 0 Å². The van der Waals surface area contributed by atoms with Crippen molar-refractivity contribution < 1.29 is 18.0 Å². The molecule has 1 aliphatic carbocycles. The predicted octanol–water partition coefficient (Wildman–Crippen LogP) is 2.66. The molecule has 0 saturated heterocycles. The fourth-order valence-corrected chi connectivity index (χ4v) is 4.25. The van der Waals surface area contributed by atoms with Gasteiger partial charge in [-0.1, -0.05) is 43.0 Å². The lowest BCUT2D eigenvalue weighted by atomic mass is 9.94. The molecular weight excluding hydrogens is 388 g/mol. The van der Waals surface area contributed by atoms with E-state index in [2.05, 4.69) is 5.32 Å². The van der Waals surface area contributed by atoms with Crippen LogP contribution in [0.25, 0.3) is 0 Å². The Bertz CT molecular complexity index is 776. The number of hydrogen-bond acceptors (Lipinski definition) is 4. The second-order valence-corrected chi connectivity index (χ2v) is 9.83. The molecule has 1 N–H and O–H groups in total. The van der Waals surface area contributed by atoms with Crippen molar-refractivity contribution in [2.24, 2.45) is 0 Å². The number of nitrogens with zero attached hydrogens (tertiary/aromatic N) is 1. The third-order valence-electron chi connectivity index (χ3n) is 4.97. The van der Waals surface area contributed by atoms with Crippen molar-refractivity contribution in [3.63, 3.8) is 0 Å². The van der Waals surface area contributed by atoms with E-state index in [0.717, 1.165) is 31.9 Å². The molecule has 0 aliphatic heterocycles. The van der Waals surface area contributed by atoms with E-state index in [1.54, 1.807) is 36.2 Å². The summed E-state index contributed by atoms with van der Waals surface area (Å²) in [6.07, 6.45) is 6.32. The van der Waals surface area contributed by atoms with E-state index in [4.69, 9.17) is 11.6 Å². The first kappa shape index (κ1) is 21.7. The SMILES string of the molecule is CN(C(=O)C(CCS(C)(=O)=O)NC(=O)c1ccccc1Cl)C1CCCCC1. The normalized spacial score (nSPS) is 16.6. The van der Waals surface area contributed by atoms with Crippen LogP contribution in [0.2, 0.25) is 5.02 Å². The maximum absolute atomic E-state index is 13.0. The molecule has 6 nitrogen and oxygen atoms in total. The number of amides is 2. The Balaban J connectivity index is 2.15. The van der Waals surface area contributed by atoms with E-state index in [1.807, 2.05) is 0 Å². The predicted molar refractivity (Wildman–Crippen MR) is 107 cm³/mol. The number of hydrogen-bond donors (Lipinski definition) is 1. The largest absolute Gasteiger partial charge is 0.341 e. The fraction of sp³-hybridized carbons (Fsp3) is 0.579. The molecule has 27 heavy (non-hydrogen) atoms. The highest BCUT2D eigenvalue weighted by molar-refractivity contribution is 7.90. The molecule has 1 aromatic rings. The van der Waals surface area contributed by atoms with Crippen molar-refractivity contribution in [3.05, 3.63) is 34.9 Å². The third kappa shape index (κ3) is 6.50. The Labute approximate surface area is 166 Å². The zero-order valence-corrected chi connectivity index (χ0v) is 17.4. The standard InChI is InChI=1S/C19H27ClN2O4S/c1-22(14-8-4-3-5-9-14)19(24)17(12-13-27(2,25)26)21-18(23)15-10-6-7-11-16(15)20/h6-7,10-11,14,17H,3-5,8-9,12-13H2,1-2H3,(H,21,23). The summed E-state index contributed by atoms with van der Waals surface area (Å²) < 4.78 is 23.2. The lowest BCUT2D eigenvalue weighted by Crippen LogP contribution is -2.51. The maximum atomic E-state index is 13.0. The summed E-state index contributed by atoms with van der Waals surface area (Å²) >= 11 is 6.06. The lowest BCUT2D eigenvalue weighted by molar-refractivity contribution is -0.134. The molecule has 1 aliphatic rings. The van der Waals surface area contributed by atoms with Gasteiger partial charge in [0.15, 0.2) is 0 Å². The summed E-state index contributed by atoms with van der Waals surface area (Å²) in [5, 5.41) is 2.97. The Morgan fingerprint density at radius 2 is 1.85 bits per heavy atom. The minimum atomic E-state index is -3.26. The molecule has 0 bridgehead atoms. The Morgan fingerprint density at radius 1 is 1.22 bits per heavy atom. The second kappa shape index (κ2) is 9.55. The van der Waals surface area contributed by atoms with Gasteiger partial charge in [0.1, 0.15) is 15.9 Å². The van der Waals surface area contributed by atoms with Crippen LogP contribution in [-0.4, -0.2) is 56.3 Å². The first-order chi connectivity index (χ1) is 12.7. The third-order valence-corrected chi connectivity index (χ3v) is 6.28. The van der Waals surface area contributed by atoms with Crippen LogP contribution in [0.4, 0.5) is 0 Å². The number of nitrogens with one attached hydrogen (secondary N) is 1. The number of carbonyl (C=O) groups excluding carboxylic acids is 2. The van der Waals surface area contributed by atoms with Gasteiger partial charge in [-0.25, -0.2) is 8.42 Å². The molecule has 1 fully saturated rings. The summed E-state index contributed by atoms with van der Waals surface area (Å²) in [4.78, 5) is 27.2. The number of benzene rings is 1. The summed E-state index contributed by atoms with van der Waals surface area (Å²) in [5.41, 5.74) is 0.261. The number of halogens is 1. The highest BCUT2D eigenvalue weighted by atomic mass is 35.5. The molecular formula is C19H27ClN2O4S. The Kier molecular flexibility index (Phi) is 7.68. The maximum Gasteiger partial charge on any atom is 0.253 e. The molecule has 150 valence electrons. The van der Waals surface area contributed by atoms with Gasteiger partial charge in [0, 0.05) is 19.3 Å². The monoisotopic (exact) mass is 414 g/mol. The van der Waals surface area contributed by atoms with Gasteiger partial charge in [0.25, 0.3) is 5.91 Å². The molecule has 1 unspecified atom stereocenters. The fourth-order valence-electron chi connectivity index (χ4n) is 3.36. The van der Waals surface area contributed by atoms with Crippen LogP contribution in [0.15, 0.2) is 24.3 Å². The minimum Gasteiger partial charge on any atom is -0.341 e. The summed E-state index contributed by atoms with van der Waals surface area (Å²) in [6, 6.07) is 5.78. The van der Waals surface area contributed by atoms with Crippen molar-refractivity contribution in [2.45, 2.75) is 50.6 Å². The smallest absolute Gasteiger partial charge is 0.253 e. The lowest BCUT2D eigenvalue weighted by Gasteiger charge is -2.34. The molecule has 1 saturated carbocycles. The van der Waals surface area contributed by atoms with Gasteiger partial charge in [0.05, 0.1) is 16.3 Å². The van der Waals surface area contributed by atoms with E-state index in [0.29, 0.717) is 0 Å². The van der Waals surface area contributed by atoms with Crippen molar-refractivity contribution in [1.82, 2.24) is 10.2 Å². The summed E-state index contributed by atoms with van der Waals surface area (Å²) in [5.74, 6) is -0.916. The first-order valence-corrected chi connectivity index (χ1v) is 11.6. The van der Waals surface area contributed by atoms with E-state index < -0.39 is 21.8 Å². The molecule has 0 radical (unpaired) electrons. The average Bonchev–Trinajstić information content (AvgIpc) is 2.64. The highest BCUT2D eigenvalue weighted by Crippen LogP contribution is 2.22. The van der Waals surface area contributed by atoms with Crippen molar-refractivity contribution in [1.29, 1.82) is 0 Å². The number of sulfone groups is 1. The number of rotatable bonds is 7. The molecule has 0 aromatic heterocycles. The van der Waals surface area contributed by atoms with E-state index in [1.165, 1.54) is 6.42 Å². The zero-order valence-electron chi connectivity index (χ0n) is 15.8. The molecule has 0 heterocycles. The second-order valence-electron chi connectivity index (χ2n) is 7.17. The van der Waals surface area contributed by atoms with Gasteiger partial charge in [0.2, 0.25) is 5.91 Å². The van der Waals surface area contributed by atoms with Gasteiger partial charge in [-0.2, -0.15) is 0 Å². The minimum absolute atomic E-state index is 0.0327. The van der Waals surface area contributed by atoms with Crippen LogP contribution in [0.1, 0.15) is 48.9 Å². The van der Waals surface area contributed by atoms with Gasteiger partial charge in [-0.15, -0.1) is 0 Å². The molecule has 2 amide bonds. The van der Waals surface area contributed by atoms with Gasteiger partial charge in [-0.05, 0) is 31.4 Å². The molecule has 2 rings (SSSR count). The Hall–Kier alpha value is -1.60. The number of likely N-dealkylation sites (N-methyl/N-ethyl adjacent to an activating group) is 1. The van der Waals surface area contributed by atoms with Crippen LogP contribution >= 0.6 is 11.6 Å². The molecule has 0 spiro atoms. The van der Waals surface area contributed by atoms with Crippen LogP contribution < -0.4 is 5.32 Å². The first-order valence-electron chi connectivity index (χ1n) is 9.19. The average molecular weight is 415 g/mol. The molecule has 8 heteroatoms. The van der Waals surface area contributed by atoms with Gasteiger partial charge >= 0.3 is 0 Å². The van der Waals surface area contributed by atoms with E-state index >= 15 is 0 Å². The molecule has 1 atom stereocenters. The van der Waals surface area contributed by atoms with Crippen molar-refractivity contribution >= 4 is 33.3 Å². The molecule has 1 aromatic carbocycles. The Morgan fingerprint density at radius 3 is 2.44 bits per heavy atom. The van der Waals surface area contributed by atoms with Crippen LogP contribution in [0.5, 0.6) is 0 Å².